The van der Waals surface area contributed by atoms with Crippen LogP contribution in [-0.4, -0.2) is 30.8 Å². The molecule has 6 heteroatoms. The molecule has 3 aromatic carbocycles. The van der Waals surface area contributed by atoms with Gasteiger partial charge >= 0.3 is 0 Å². The number of likely N-dealkylation sites (N-methyl/N-ethyl adjacent to an activating group) is 1. The summed E-state index contributed by atoms with van der Waals surface area (Å²) >= 11 is 0. The Hall–Kier alpha value is -3.38. The second-order valence-corrected chi connectivity index (χ2v) is 9.61. The van der Waals surface area contributed by atoms with Gasteiger partial charge < -0.3 is 9.47 Å². The van der Waals surface area contributed by atoms with Crippen molar-refractivity contribution in [2.45, 2.75) is 29.8 Å². The SMILES string of the molecule is Cc1ccc(S(=O)(=O)c2cn(CC(=O)N(C)Cc3ccccc3)c3ccccc23)cc1. The lowest BCUT2D eigenvalue weighted by Crippen LogP contribution is -2.29. The van der Waals surface area contributed by atoms with Gasteiger partial charge in [-0.15, -0.1) is 0 Å². The third-order valence-corrected chi connectivity index (χ3v) is 7.16. The fourth-order valence-corrected chi connectivity index (χ4v) is 5.09. The lowest BCUT2D eigenvalue weighted by atomic mass is 10.2. The fourth-order valence-electron chi connectivity index (χ4n) is 3.61. The van der Waals surface area contributed by atoms with Crippen LogP contribution < -0.4 is 0 Å². The number of carbonyl (C=O) groups excluding carboxylic acids is 1. The van der Waals surface area contributed by atoms with Crippen molar-refractivity contribution in [1.29, 1.82) is 0 Å². The highest BCUT2D eigenvalue weighted by Crippen LogP contribution is 2.30. The van der Waals surface area contributed by atoms with Crippen molar-refractivity contribution in [2.24, 2.45) is 0 Å². The summed E-state index contributed by atoms with van der Waals surface area (Å²) in [6.45, 7) is 2.47. The molecule has 158 valence electrons. The Morgan fingerprint density at radius 2 is 1.55 bits per heavy atom. The molecule has 5 nitrogen and oxygen atoms in total. The van der Waals surface area contributed by atoms with E-state index >= 15 is 0 Å². The first-order valence-corrected chi connectivity index (χ1v) is 11.5. The maximum absolute atomic E-state index is 13.3. The molecule has 0 N–H and O–H groups in total. The maximum atomic E-state index is 13.3. The number of amides is 1. The van der Waals surface area contributed by atoms with Crippen LogP contribution in [0.5, 0.6) is 0 Å². The Labute approximate surface area is 182 Å². The number of aromatic nitrogens is 1. The molecule has 0 atom stereocenters. The maximum Gasteiger partial charge on any atom is 0.242 e. The molecule has 0 fully saturated rings. The van der Waals surface area contributed by atoms with Gasteiger partial charge in [0.25, 0.3) is 0 Å². The molecule has 1 aromatic heterocycles. The fraction of sp³-hybridized carbons (Fsp3) is 0.160. The number of hydrogen-bond acceptors (Lipinski definition) is 3. The van der Waals surface area contributed by atoms with Crippen LogP contribution in [0.15, 0.2) is 94.9 Å². The predicted molar refractivity (Wildman–Crippen MR) is 121 cm³/mol. The average Bonchev–Trinajstić information content (AvgIpc) is 3.14. The molecule has 0 aliphatic carbocycles. The van der Waals surface area contributed by atoms with Gasteiger partial charge in [-0.3, -0.25) is 4.79 Å². The zero-order valence-electron chi connectivity index (χ0n) is 17.5. The van der Waals surface area contributed by atoms with Crippen LogP contribution in [0.4, 0.5) is 0 Å². The summed E-state index contributed by atoms with van der Waals surface area (Å²) in [4.78, 5) is 15.0. The summed E-state index contributed by atoms with van der Waals surface area (Å²) < 4.78 is 28.4. The predicted octanol–water partition coefficient (Wildman–Crippen LogP) is 4.44. The van der Waals surface area contributed by atoms with Crippen LogP contribution in [0.3, 0.4) is 0 Å². The summed E-state index contributed by atoms with van der Waals surface area (Å²) in [5.74, 6) is -0.0936. The van der Waals surface area contributed by atoms with E-state index in [0.29, 0.717) is 11.9 Å². The molecule has 0 saturated heterocycles. The van der Waals surface area contributed by atoms with E-state index in [9.17, 15) is 13.2 Å². The third kappa shape index (κ3) is 4.25. The average molecular weight is 433 g/mol. The summed E-state index contributed by atoms with van der Waals surface area (Å²) in [5.41, 5.74) is 2.75. The van der Waals surface area contributed by atoms with Gasteiger partial charge in [0, 0.05) is 30.7 Å². The number of rotatable bonds is 6. The number of hydrogen-bond donors (Lipinski definition) is 0. The molecule has 0 aliphatic rings. The number of sulfone groups is 1. The number of nitrogens with zero attached hydrogens (tertiary/aromatic N) is 2. The molecule has 4 rings (SSSR count). The molecule has 4 aromatic rings. The van der Waals surface area contributed by atoms with Crippen molar-refractivity contribution in [2.75, 3.05) is 7.05 Å². The van der Waals surface area contributed by atoms with Gasteiger partial charge in [0.15, 0.2) is 0 Å². The largest absolute Gasteiger partial charge is 0.340 e. The molecule has 31 heavy (non-hydrogen) atoms. The molecule has 0 unspecified atom stereocenters. The number of aryl methyl sites for hydroxylation is 1. The first kappa shape index (κ1) is 20.9. The van der Waals surface area contributed by atoms with Crippen molar-refractivity contribution < 1.29 is 13.2 Å². The van der Waals surface area contributed by atoms with E-state index in [2.05, 4.69) is 0 Å². The van der Waals surface area contributed by atoms with Gasteiger partial charge in [-0.05, 0) is 30.7 Å². The molecule has 1 heterocycles. The molecule has 0 radical (unpaired) electrons. The second-order valence-electron chi connectivity index (χ2n) is 7.69. The van der Waals surface area contributed by atoms with Gasteiger partial charge in [-0.1, -0.05) is 66.2 Å². The molecule has 0 aliphatic heterocycles. The van der Waals surface area contributed by atoms with Crippen LogP contribution in [0.25, 0.3) is 10.9 Å². The van der Waals surface area contributed by atoms with Crippen LogP contribution >= 0.6 is 0 Å². The Morgan fingerprint density at radius 3 is 2.26 bits per heavy atom. The zero-order chi connectivity index (χ0) is 22.0. The van der Waals surface area contributed by atoms with E-state index in [4.69, 9.17) is 0 Å². The molecule has 0 saturated carbocycles. The molecular weight excluding hydrogens is 408 g/mol. The van der Waals surface area contributed by atoms with E-state index in [-0.39, 0.29) is 22.2 Å². The van der Waals surface area contributed by atoms with E-state index in [0.717, 1.165) is 16.6 Å². The topological polar surface area (TPSA) is 59.4 Å². The first-order valence-electron chi connectivity index (χ1n) is 10.0. The van der Waals surface area contributed by atoms with Crippen molar-refractivity contribution in [3.8, 4) is 0 Å². The van der Waals surface area contributed by atoms with Crippen LogP contribution in [0.1, 0.15) is 11.1 Å². The third-order valence-electron chi connectivity index (χ3n) is 5.37. The van der Waals surface area contributed by atoms with Crippen LogP contribution in [-0.2, 0) is 27.7 Å². The molecule has 0 bridgehead atoms. The van der Waals surface area contributed by atoms with Gasteiger partial charge in [0.2, 0.25) is 15.7 Å². The minimum atomic E-state index is -3.71. The Kier molecular flexibility index (Phi) is 5.65. The summed E-state index contributed by atoms with van der Waals surface area (Å²) in [6.07, 6.45) is 1.58. The zero-order valence-corrected chi connectivity index (χ0v) is 18.3. The number of fused-ring (bicyclic) bond motifs is 1. The number of carbonyl (C=O) groups is 1. The lowest BCUT2D eigenvalue weighted by molar-refractivity contribution is -0.131. The van der Waals surface area contributed by atoms with Gasteiger partial charge in [0.1, 0.15) is 6.54 Å². The smallest absolute Gasteiger partial charge is 0.242 e. The number of benzene rings is 3. The highest BCUT2D eigenvalue weighted by molar-refractivity contribution is 7.91. The second kappa shape index (κ2) is 8.40. The minimum absolute atomic E-state index is 0.0628. The van der Waals surface area contributed by atoms with E-state index in [1.807, 2.05) is 55.5 Å². The van der Waals surface area contributed by atoms with Crippen molar-refractivity contribution >= 4 is 26.6 Å². The number of para-hydroxylation sites is 1. The van der Waals surface area contributed by atoms with E-state index in [1.165, 1.54) is 0 Å². The summed E-state index contributed by atoms with van der Waals surface area (Å²) in [7, 11) is -1.96. The Balaban J connectivity index is 1.67. The summed E-state index contributed by atoms with van der Waals surface area (Å²) in [6, 6.07) is 23.9. The highest BCUT2D eigenvalue weighted by atomic mass is 32.2. The normalized spacial score (nSPS) is 11.5. The first-order chi connectivity index (χ1) is 14.9. The lowest BCUT2D eigenvalue weighted by Gasteiger charge is -2.18. The molecular formula is C25H24N2O3S. The van der Waals surface area contributed by atoms with Gasteiger partial charge in [-0.25, -0.2) is 8.42 Å². The van der Waals surface area contributed by atoms with E-state index in [1.54, 1.807) is 53.0 Å². The standard InChI is InChI=1S/C25H24N2O3S/c1-19-12-14-21(15-13-19)31(29,30)24-17-27(23-11-7-6-10-22(23)24)18-25(28)26(2)16-20-8-4-3-5-9-20/h3-15,17H,16,18H2,1-2H3. The minimum Gasteiger partial charge on any atom is -0.340 e. The van der Waals surface area contributed by atoms with Crippen molar-refractivity contribution in [3.63, 3.8) is 0 Å². The van der Waals surface area contributed by atoms with E-state index < -0.39 is 9.84 Å². The van der Waals surface area contributed by atoms with Gasteiger partial charge in [-0.2, -0.15) is 0 Å². The van der Waals surface area contributed by atoms with Gasteiger partial charge in [0.05, 0.1) is 9.79 Å². The van der Waals surface area contributed by atoms with Crippen LogP contribution in [0, 0.1) is 6.92 Å². The highest BCUT2D eigenvalue weighted by Gasteiger charge is 2.24. The Bertz CT molecular complexity index is 1320. The molecule has 1 amide bonds. The quantitative estimate of drug-likeness (QED) is 0.453. The van der Waals surface area contributed by atoms with Crippen molar-refractivity contribution in [3.05, 3.63) is 96.2 Å². The monoisotopic (exact) mass is 432 g/mol. The Morgan fingerprint density at radius 1 is 0.903 bits per heavy atom. The summed E-state index contributed by atoms with van der Waals surface area (Å²) in [5, 5.41) is 0.613. The van der Waals surface area contributed by atoms with Crippen LogP contribution in [0.2, 0.25) is 0 Å². The van der Waals surface area contributed by atoms with Crippen molar-refractivity contribution in [1.82, 2.24) is 9.47 Å². The molecule has 0 spiro atoms.